The van der Waals surface area contributed by atoms with Crippen molar-refractivity contribution < 1.29 is 0 Å². The second kappa shape index (κ2) is 7.03. The van der Waals surface area contributed by atoms with Crippen LogP contribution in [0.5, 0.6) is 0 Å². The number of hydrogen-bond acceptors (Lipinski definition) is 3. The summed E-state index contributed by atoms with van der Waals surface area (Å²) in [6.07, 6.45) is 0.947. The highest BCUT2D eigenvalue weighted by Crippen LogP contribution is 2.20. The molecule has 1 aromatic rings. The average molecular weight is 245 g/mol. The Morgan fingerprint density at radius 1 is 1.28 bits per heavy atom. The monoisotopic (exact) mass is 245 g/mol. The van der Waals surface area contributed by atoms with E-state index in [0.29, 0.717) is 0 Å². The van der Waals surface area contributed by atoms with E-state index < -0.39 is 0 Å². The van der Waals surface area contributed by atoms with Crippen LogP contribution in [0.15, 0.2) is 24.3 Å². The standard InChI is InChI=1S/C15H23N3/c1-4-15(17)13-6-8-14(9-7-13)18(5-2)11-12(3)10-16/h6-9,12,15H,4-5,11,17H2,1-3H3. The van der Waals surface area contributed by atoms with Gasteiger partial charge in [0, 0.05) is 24.8 Å². The highest BCUT2D eigenvalue weighted by Gasteiger charge is 2.09. The van der Waals surface area contributed by atoms with Crippen LogP contribution in [0.2, 0.25) is 0 Å². The fourth-order valence-corrected chi connectivity index (χ4v) is 1.96. The zero-order valence-electron chi connectivity index (χ0n) is 11.6. The number of nitrogens with two attached hydrogens (primary N) is 1. The summed E-state index contributed by atoms with van der Waals surface area (Å²) in [6, 6.07) is 10.8. The molecular weight excluding hydrogens is 222 g/mol. The molecule has 0 aromatic heterocycles. The predicted octanol–water partition coefficient (Wildman–Crippen LogP) is 3.08. The van der Waals surface area contributed by atoms with E-state index in [4.69, 9.17) is 11.0 Å². The van der Waals surface area contributed by atoms with Crippen LogP contribution in [-0.2, 0) is 0 Å². The summed E-state index contributed by atoms with van der Waals surface area (Å²) in [7, 11) is 0. The molecule has 2 N–H and O–H groups in total. The van der Waals surface area contributed by atoms with Crippen LogP contribution in [0.1, 0.15) is 38.8 Å². The van der Waals surface area contributed by atoms with E-state index in [1.165, 1.54) is 5.56 Å². The molecule has 0 spiro atoms. The Morgan fingerprint density at radius 3 is 2.33 bits per heavy atom. The lowest BCUT2D eigenvalue weighted by Crippen LogP contribution is -2.27. The Hall–Kier alpha value is -1.53. The minimum atomic E-state index is 0.0440. The van der Waals surface area contributed by atoms with Crippen LogP contribution in [-0.4, -0.2) is 13.1 Å². The van der Waals surface area contributed by atoms with Gasteiger partial charge in [0.25, 0.3) is 0 Å². The van der Waals surface area contributed by atoms with Crippen LogP contribution >= 0.6 is 0 Å². The minimum Gasteiger partial charge on any atom is -0.371 e. The van der Waals surface area contributed by atoms with Crippen molar-refractivity contribution in [3.63, 3.8) is 0 Å². The quantitative estimate of drug-likeness (QED) is 0.838. The maximum atomic E-state index is 8.88. The first-order valence-electron chi connectivity index (χ1n) is 6.62. The molecule has 1 rings (SSSR count). The summed E-state index contributed by atoms with van der Waals surface area (Å²) in [6.45, 7) is 7.82. The van der Waals surface area contributed by atoms with Gasteiger partial charge in [-0.3, -0.25) is 0 Å². The Kier molecular flexibility index (Phi) is 5.67. The molecule has 3 heteroatoms. The smallest absolute Gasteiger partial charge is 0.0671 e. The molecule has 18 heavy (non-hydrogen) atoms. The molecule has 0 aliphatic carbocycles. The van der Waals surface area contributed by atoms with E-state index in [0.717, 1.165) is 25.2 Å². The molecule has 0 amide bonds. The third-order valence-corrected chi connectivity index (χ3v) is 3.22. The molecule has 0 aliphatic heterocycles. The summed E-state index contributed by atoms with van der Waals surface area (Å²) in [5.41, 5.74) is 8.33. The molecule has 98 valence electrons. The normalized spacial score (nSPS) is 13.7. The van der Waals surface area contributed by atoms with E-state index >= 15 is 0 Å². The average Bonchev–Trinajstić information content (AvgIpc) is 2.43. The van der Waals surface area contributed by atoms with E-state index in [1.54, 1.807) is 0 Å². The molecular formula is C15H23N3. The summed E-state index contributed by atoms with van der Waals surface area (Å²) < 4.78 is 0. The largest absolute Gasteiger partial charge is 0.371 e. The number of anilines is 1. The number of nitriles is 1. The number of benzene rings is 1. The molecule has 0 fully saturated rings. The SMILES string of the molecule is CCC(N)c1ccc(N(CC)CC(C)C#N)cc1. The van der Waals surface area contributed by atoms with Crippen LogP contribution in [0.3, 0.4) is 0 Å². The highest BCUT2D eigenvalue weighted by atomic mass is 15.1. The maximum absolute atomic E-state index is 8.88. The van der Waals surface area contributed by atoms with E-state index in [9.17, 15) is 0 Å². The van der Waals surface area contributed by atoms with Gasteiger partial charge in [0.15, 0.2) is 0 Å². The number of rotatable bonds is 6. The fourth-order valence-electron chi connectivity index (χ4n) is 1.96. The van der Waals surface area contributed by atoms with E-state index in [-0.39, 0.29) is 12.0 Å². The molecule has 2 unspecified atom stereocenters. The lowest BCUT2D eigenvalue weighted by molar-refractivity contribution is 0.683. The Morgan fingerprint density at radius 2 is 1.89 bits per heavy atom. The Balaban J connectivity index is 2.79. The van der Waals surface area contributed by atoms with Crippen molar-refractivity contribution in [3.05, 3.63) is 29.8 Å². The van der Waals surface area contributed by atoms with Crippen molar-refractivity contribution in [1.82, 2.24) is 0 Å². The lowest BCUT2D eigenvalue weighted by atomic mass is 10.0. The number of nitrogens with zero attached hydrogens (tertiary/aromatic N) is 2. The maximum Gasteiger partial charge on any atom is 0.0671 e. The lowest BCUT2D eigenvalue weighted by Gasteiger charge is -2.24. The van der Waals surface area contributed by atoms with Gasteiger partial charge in [-0.05, 0) is 38.0 Å². The molecule has 0 bridgehead atoms. The minimum absolute atomic E-state index is 0.0440. The first kappa shape index (κ1) is 14.5. The van der Waals surface area contributed by atoms with E-state index in [2.05, 4.69) is 49.1 Å². The first-order valence-corrected chi connectivity index (χ1v) is 6.62. The highest BCUT2D eigenvalue weighted by molar-refractivity contribution is 5.48. The summed E-state index contributed by atoms with van der Waals surface area (Å²) in [5, 5.41) is 8.88. The summed E-state index contributed by atoms with van der Waals surface area (Å²) in [5.74, 6) is 0.0440. The van der Waals surface area contributed by atoms with Crippen molar-refractivity contribution in [3.8, 4) is 6.07 Å². The zero-order valence-corrected chi connectivity index (χ0v) is 11.6. The molecule has 3 nitrogen and oxygen atoms in total. The number of hydrogen-bond donors (Lipinski definition) is 1. The van der Waals surface area contributed by atoms with Crippen molar-refractivity contribution in [2.45, 2.75) is 33.2 Å². The molecule has 0 radical (unpaired) electrons. The van der Waals surface area contributed by atoms with E-state index in [1.807, 2.05) is 6.92 Å². The molecule has 0 saturated carbocycles. The van der Waals surface area contributed by atoms with Crippen LogP contribution in [0.4, 0.5) is 5.69 Å². The molecule has 0 heterocycles. The van der Waals surface area contributed by atoms with Gasteiger partial charge < -0.3 is 10.6 Å². The van der Waals surface area contributed by atoms with Crippen molar-refractivity contribution in [1.29, 1.82) is 5.26 Å². The van der Waals surface area contributed by atoms with Gasteiger partial charge in [-0.15, -0.1) is 0 Å². The first-order chi connectivity index (χ1) is 8.62. The molecule has 1 aromatic carbocycles. The van der Waals surface area contributed by atoms with Crippen molar-refractivity contribution in [2.75, 3.05) is 18.0 Å². The third-order valence-electron chi connectivity index (χ3n) is 3.22. The Labute approximate surface area is 110 Å². The third kappa shape index (κ3) is 3.75. The van der Waals surface area contributed by atoms with Crippen LogP contribution in [0.25, 0.3) is 0 Å². The van der Waals surface area contributed by atoms with Crippen molar-refractivity contribution >= 4 is 5.69 Å². The van der Waals surface area contributed by atoms with Gasteiger partial charge >= 0.3 is 0 Å². The second-order valence-corrected chi connectivity index (χ2v) is 4.68. The summed E-state index contributed by atoms with van der Waals surface area (Å²) in [4.78, 5) is 2.22. The topological polar surface area (TPSA) is 53.0 Å². The van der Waals surface area contributed by atoms with Gasteiger partial charge in [0.1, 0.15) is 0 Å². The van der Waals surface area contributed by atoms with Gasteiger partial charge in [-0.2, -0.15) is 5.26 Å². The van der Waals surface area contributed by atoms with Gasteiger partial charge in [-0.25, -0.2) is 0 Å². The van der Waals surface area contributed by atoms with Crippen LogP contribution < -0.4 is 10.6 Å². The van der Waals surface area contributed by atoms with Gasteiger partial charge in [0.05, 0.1) is 12.0 Å². The van der Waals surface area contributed by atoms with Crippen molar-refractivity contribution in [2.24, 2.45) is 11.7 Å². The molecule has 2 atom stereocenters. The van der Waals surface area contributed by atoms with Gasteiger partial charge in [0.2, 0.25) is 0 Å². The van der Waals surface area contributed by atoms with Crippen LogP contribution in [0, 0.1) is 17.2 Å². The molecule has 0 saturated heterocycles. The van der Waals surface area contributed by atoms with Gasteiger partial charge in [-0.1, -0.05) is 19.1 Å². The zero-order chi connectivity index (χ0) is 13.5. The second-order valence-electron chi connectivity index (χ2n) is 4.68. The molecule has 0 aliphatic rings. The summed E-state index contributed by atoms with van der Waals surface area (Å²) >= 11 is 0. The Bertz CT molecular complexity index is 391. The predicted molar refractivity (Wildman–Crippen MR) is 76.3 cm³/mol. The fraction of sp³-hybridized carbons (Fsp3) is 0.533.